The Balaban J connectivity index is 1.16. The minimum atomic E-state index is -0.698. The maximum Gasteiger partial charge on any atom is 0.242 e. The number of amides is 4. The van der Waals surface area contributed by atoms with Crippen LogP contribution in [-0.4, -0.2) is 99.9 Å². The summed E-state index contributed by atoms with van der Waals surface area (Å²) in [6, 6.07) is 16.4. The number of ether oxygens (including phenoxy) is 2. The predicted octanol–water partition coefficient (Wildman–Crippen LogP) is 3.30. The molecule has 2 aromatic carbocycles. The number of aromatic nitrogens is 3. The van der Waals surface area contributed by atoms with E-state index in [1.807, 2.05) is 64.1 Å². The predicted molar refractivity (Wildman–Crippen MR) is 195 cm³/mol. The Morgan fingerprint density at radius 2 is 1.81 bits per heavy atom. The van der Waals surface area contributed by atoms with Crippen LogP contribution < -0.4 is 20.1 Å². The molecule has 2 aromatic heterocycles. The Labute approximate surface area is 303 Å². The standard InChI is InChI=1S/C39H47N7O6/c1-51-35-22-28-11-13-34(35)52-30-24-33(46(26-30)37(48)15-21-45-27-43-31-9-2-3-10-32(31)45)39(50)42-17-4-5-19-44(20-7-18-41-36(47)14-12-28)38(49)23-29-8-6-16-40-25-29/h2-3,6,8-11,13,16,22,25,27,30,33H,4-5,7,12,14-15,17-21,23-24,26H2,1H3,(H,41,47)(H,42,50)/t30-,33-/m0/s1. The maximum atomic E-state index is 13.8. The van der Waals surface area contributed by atoms with Crippen molar-refractivity contribution < 1.29 is 28.7 Å². The zero-order chi connectivity index (χ0) is 36.3. The Hall–Kier alpha value is -5.46. The lowest BCUT2D eigenvalue weighted by molar-refractivity contribution is -0.138. The van der Waals surface area contributed by atoms with Crippen LogP contribution in [0.3, 0.4) is 0 Å². The summed E-state index contributed by atoms with van der Waals surface area (Å²) in [7, 11) is 1.56. The van der Waals surface area contributed by atoms with Crippen molar-refractivity contribution in [2.45, 2.75) is 70.1 Å². The van der Waals surface area contributed by atoms with Crippen LogP contribution in [0.25, 0.3) is 11.0 Å². The maximum absolute atomic E-state index is 13.8. The van der Waals surface area contributed by atoms with Gasteiger partial charge in [-0.2, -0.15) is 0 Å². The molecule has 13 nitrogen and oxygen atoms in total. The van der Waals surface area contributed by atoms with E-state index in [1.165, 1.54) is 0 Å². The number of pyridine rings is 1. The van der Waals surface area contributed by atoms with Gasteiger partial charge in [0, 0.05) is 64.4 Å². The average molecular weight is 710 g/mol. The largest absolute Gasteiger partial charge is 0.493 e. The number of para-hydroxylation sites is 2. The molecule has 2 N–H and O–H groups in total. The summed E-state index contributed by atoms with van der Waals surface area (Å²) in [4.78, 5) is 65.5. The zero-order valence-electron chi connectivity index (χ0n) is 29.7. The van der Waals surface area contributed by atoms with E-state index in [-0.39, 0.29) is 43.0 Å². The molecule has 1 fully saturated rings. The fraction of sp³-hybridized carbons (Fsp3) is 0.436. The molecule has 4 bridgehead atoms. The number of imidazole rings is 1. The van der Waals surface area contributed by atoms with Crippen LogP contribution in [0.5, 0.6) is 11.5 Å². The van der Waals surface area contributed by atoms with Crippen LogP contribution in [0.1, 0.15) is 49.7 Å². The second-order valence-electron chi connectivity index (χ2n) is 13.3. The summed E-state index contributed by atoms with van der Waals surface area (Å²) in [5, 5.41) is 6.03. The van der Waals surface area contributed by atoms with Crippen molar-refractivity contribution >= 4 is 34.7 Å². The number of carbonyl (C=O) groups is 4. The van der Waals surface area contributed by atoms with Gasteiger partial charge in [0.25, 0.3) is 0 Å². The van der Waals surface area contributed by atoms with Crippen molar-refractivity contribution in [3.63, 3.8) is 0 Å². The Morgan fingerprint density at radius 1 is 0.962 bits per heavy atom. The topological polar surface area (TPSA) is 148 Å². The molecule has 13 heteroatoms. The highest BCUT2D eigenvalue weighted by molar-refractivity contribution is 5.88. The molecule has 274 valence electrons. The number of hydrogen-bond acceptors (Lipinski definition) is 8. The molecule has 7 rings (SSSR count). The molecule has 4 amide bonds. The van der Waals surface area contributed by atoms with E-state index in [4.69, 9.17) is 9.47 Å². The number of carbonyl (C=O) groups excluding carboxylic acids is 4. The highest BCUT2D eigenvalue weighted by Crippen LogP contribution is 2.32. The lowest BCUT2D eigenvalue weighted by atomic mass is 10.1. The first-order valence-corrected chi connectivity index (χ1v) is 18.1. The molecule has 0 unspecified atom stereocenters. The normalized spacial score (nSPS) is 19.2. The first-order valence-electron chi connectivity index (χ1n) is 18.1. The lowest BCUT2D eigenvalue weighted by Gasteiger charge is -2.24. The third-order valence-electron chi connectivity index (χ3n) is 9.65. The Kier molecular flexibility index (Phi) is 12.3. The smallest absolute Gasteiger partial charge is 0.242 e. The summed E-state index contributed by atoms with van der Waals surface area (Å²) in [5.41, 5.74) is 3.56. The van der Waals surface area contributed by atoms with Crippen LogP contribution in [0.4, 0.5) is 0 Å². The van der Waals surface area contributed by atoms with Crippen LogP contribution in [-0.2, 0) is 38.6 Å². The molecule has 1 saturated heterocycles. The molecule has 0 radical (unpaired) electrons. The summed E-state index contributed by atoms with van der Waals surface area (Å²) >= 11 is 0. The van der Waals surface area contributed by atoms with Crippen molar-refractivity contribution in [3.05, 3.63) is 84.4 Å². The van der Waals surface area contributed by atoms with E-state index in [1.54, 1.807) is 30.7 Å². The minimum absolute atomic E-state index is 0.00921. The molecule has 4 aromatic rings. The molecule has 5 heterocycles. The Morgan fingerprint density at radius 3 is 2.65 bits per heavy atom. The second kappa shape index (κ2) is 17.7. The van der Waals surface area contributed by atoms with E-state index >= 15 is 0 Å². The van der Waals surface area contributed by atoms with E-state index in [0.717, 1.165) is 22.2 Å². The van der Waals surface area contributed by atoms with Crippen LogP contribution >= 0.6 is 0 Å². The van der Waals surface area contributed by atoms with Gasteiger partial charge in [0.1, 0.15) is 12.1 Å². The monoisotopic (exact) mass is 709 g/mol. The van der Waals surface area contributed by atoms with E-state index < -0.39 is 12.1 Å². The van der Waals surface area contributed by atoms with Gasteiger partial charge in [-0.1, -0.05) is 24.3 Å². The van der Waals surface area contributed by atoms with Gasteiger partial charge in [-0.25, -0.2) is 4.98 Å². The first kappa shape index (κ1) is 36.3. The first-order chi connectivity index (χ1) is 25.4. The van der Waals surface area contributed by atoms with Gasteiger partial charge < -0.3 is 34.5 Å². The van der Waals surface area contributed by atoms with Crippen LogP contribution in [0.2, 0.25) is 0 Å². The summed E-state index contributed by atoms with van der Waals surface area (Å²) in [6.07, 6.45) is 8.20. The van der Waals surface area contributed by atoms with Gasteiger partial charge >= 0.3 is 0 Å². The quantitative estimate of drug-likeness (QED) is 0.310. The number of fused-ring (bicyclic) bond motifs is 16. The Bertz CT molecular complexity index is 1850. The van der Waals surface area contributed by atoms with Crippen molar-refractivity contribution in [1.29, 1.82) is 0 Å². The van der Waals surface area contributed by atoms with Gasteiger partial charge in [0.05, 0.1) is 37.4 Å². The number of methoxy groups -OCH3 is 1. The van der Waals surface area contributed by atoms with Gasteiger partial charge in [-0.15, -0.1) is 0 Å². The highest BCUT2D eigenvalue weighted by Gasteiger charge is 2.40. The number of rotatable bonds is 6. The molecule has 2 atom stereocenters. The summed E-state index contributed by atoms with van der Waals surface area (Å²) < 4.78 is 14.0. The molecular formula is C39H47N7O6. The zero-order valence-corrected chi connectivity index (χ0v) is 29.7. The molecule has 0 aliphatic carbocycles. The van der Waals surface area contributed by atoms with E-state index in [9.17, 15) is 19.2 Å². The van der Waals surface area contributed by atoms with E-state index in [0.29, 0.717) is 82.7 Å². The third kappa shape index (κ3) is 9.45. The van der Waals surface area contributed by atoms with Gasteiger partial charge in [0.15, 0.2) is 11.5 Å². The average Bonchev–Trinajstić information content (AvgIpc) is 3.78. The number of hydrogen-bond donors (Lipinski definition) is 2. The molecule has 0 saturated carbocycles. The molecule has 0 spiro atoms. The number of benzene rings is 2. The van der Waals surface area contributed by atoms with Crippen LogP contribution in [0, 0.1) is 0 Å². The molecular weight excluding hydrogens is 662 g/mol. The number of aryl methyl sites for hydroxylation is 2. The molecule has 3 aliphatic heterocycles. The summed E-state index contributed by atoms with van der Waals surface area (Å²) in [5.74, 6) is 0.603. The number of nitrogens with zero attached hydrogens (tertiary/aromatic N) is 5. The minimum Gasteiger partial charge on any atom is -0.493 e. The van der Waals surface area contributed by atoms with Gasteiger partial charge in [0.2, 0.25) is 23.6 Å². The fourth-order valence-corrected chi connectivity index (χ4v) is 6.85. The third-order valence-corrected chi connectivity index (χ3v) is 9.65. The molecule has 52 heavy (non-hydrogen) atoms. The molecule has 3 aliphatic rings. The van der Waals surface area contributed by atoms with E-state index in [2.05, 4.69) is 20.6 Å². The van der Waals surface area contributed by atoms with Gasteiger partial charge in [-0.3, -0.25) is 24.2 Å². The second-order valence-corrected chi connectivity index (χ2v) is 13.3. The van der Waals surface area contributed by atoms with Crippen molar-refractivity contribution in [3.8, 4) is 11.5 Å². The lowest BCUT2D eigenvalue weighted by Crippen LogP contribution is -2.46. The van der Waals surface area contributed by atoms with Crippen molar-refractivity contribution in [1.82, 2.24) is 35.0 Å². The van der Waals surface area contributed by atoms with Gasteiger partial charge in [-0.05, 0) is 67.1 Å². The highest BCUT2D eigenvalue weighted by atomic mass is 16.5. The fourth-order valence-electron chi connectivity index (χ4n) is 6.85. The summed E-state index contributed by atoms with van der Waals surface area (Å²) in [6.45, 7) is 2.56. The van der Waals surface area contributed by atoms with Crippen molar-refractivity contribution in [2.75, 3.05) is 39.8 Å². The van der Waals surface area contributed by atoms with Crippen LogP contribution in [0.15, 0.2) is 73.3 Å². The number of likely N-dealkylation sites (tertiary alicyclic amines) is 1. The van der Waals surface area contributed by atoms with Crippen molar-refractivity contribution in [2.24, 2.45) is 0 Å². The SMILES string of the molecule is COc1cc2ccc1O[C@H]1C[C@@H](C(=O)NCCCCN(C(=O)Cc3cccnc3)CCCNC(=O)CC2)N(C(=O)CCn2cnc3ccccc32)C1. The number of nitrogens with one attached hydrogen (secondary N) is 2.